The summed E-state index contributed by atoms with van der Waals surface area (Å²) in [6.07, 6.45) is 5.54. The summed E-state index contributed by atoms with van der Waals surface area (Å²) < 4.78 is 11.6. The zero-order valence-electron chi connectivity index (χ0n) is 4.35. The maximum absolute atomic E-state index is 6.86. The van der Waals surface area contributed by atoms with E-state index in [0.29, 0.717) is 6.61 Å². The second kappa shape index (κ2) is 1.65. The van der Waals surface area contributed by atoms with Gasteiger partial charge in [-0.2, -0.15) is 0 Å². The number of hydrogen-bond acceptors (Lipinski definition) is 1. The van der Waals surface area contributed by atoms with Crippen molar-refractivity contribution in [2.75, 3.05) is 6.61 Å². The molecule has 0 N–H and O–H groups in total. The Hall–Kier alpha value is -0.720. The van der Waals surface area contributed by atoms with Gasteiger partial charge in [0.1, 0.15) is 7.98 Å². The molecule has 0 bridgehead atoms. The average molecular weight is 83.1 g/mol. The summed E-state index contributed by atoms with van der Waals surface area (Å²) in [7, 11) is 0. The fourth-order valence-electron chi connectivity index (χ4n) is 0.307. The van der Waals surface area contributed by atoms with Crippen LogP contribution in [0.3, 0.4) is 0 Å². The second-order valence-corrected chi connectivity index (χ2v) is 1.02. The highest BCUT2D eigenvalue weighted by Gasteiger charge is 1.75. The molecule has 0 unspecified atom stereocenters. The summed E-state index contributed by atoms with van der Waals surface area (Å²) in [6, 6.07) is 0. The van der Waals surface area contributed by atoms with Crippen LogP contribution in [0.25, 0.3) is 0 Å². The molecule has 0 spiro atoms. The zero-order valence-corrected chi connectivity index (χ0v) is 3.35. The number of hydrogen-bond donors (Lipinski definition) is 0. The molecule has 0 atom stereocenters. The van der Waals surface area contributed by atoms with E-state index in [1.165, 1.54) is 0 Å². The monoisotopic (exact) mass is 83.0 g/mol. The summed E-state index contributed by atoms with van der Waals surface area (Å²) >= 11 is 0. The van der Waals surface area contributed by atoms with Gasteiger partial charge in [0.25, 0.3) is 0 Å². The molecule has 1 heterocycles. The third-order valence-electron chi connectivity index (χ3n) is 0.563. The van der Waals surface area contributed by atoms with Crippen molar-refractivity contribution < 1.29 is 6.11 Å². The number of allylic oxidation sites excluding steroid dienone is 2. The fraction of sp³-hybridized carbons (Fsp3) is 0.200. The van der Waals surface area contributed by atoms with Crippen molar-refractivity contribution >= 4 is 0 Å². The average Bonchev–Trinajstić information content (AvgIpc) is 1.69. The van der Waals surface area contributed by atoms with E-state index < -0.39 is 0 Å². The van der Waals surface area contributed by atoms with Gasteiger partial charge < -0.3 is 4.74 Å². The molecule has 1 heteroatoms. The molecule has 0 fully saturated rings. The lowest BCUT2D eigenvalue weighted by atomic mass is 10.5. The molecule has 6 heavy (non-hydrogen) atoms. The van der Waals surface area contributed by atoms with Gasteiger partial charge >= 0.3 is 0 Å². The van der Waals surface area contributed by atoms with Crippen molar-refractivity contribution in [3.05, 3.63) is 24.5 Å². The van der Waals surface area contributed by atoms with Crippen LogP contribution in [-0.2, 0) is 4.74 Å². The molecule has 0 aromatic rings. The minimum atomic E-state index is 0.252. The first-order chi connectivity index (χ1) is 3.39. The molecular weight excluding hydrogens is 76.1 g/mol. The maximum Gasteiger partial charge on any atom is 0.106 e. The van der Waals surface area contributed by atoms with Gasteiger partial charge in [-0.1, -0.05) is 6.08 Å². The van der Waals surface area contributed by atoms with E-state index in [4.69, 9.17) is 6.11 Å². The zero-order chi connectivity index (χ0) is 5.11. The van der Waals surface area contributed by atoms with Crippen LogP contribution in [0.4, 0.5) is 0 Å². The Kier molecular flexibility index (Phi) is 0.675. The lowest BCUT2D eigenvalue weighted by Crippen LogP contribution is -1.82. The van der Waals surface area contributed by atoms with E-state index in [1.807, 2.05) is 12.2 Å². The largest absolute Gasteiger partial charge is 0.497 e. The summed E-state index contributed by atoms with van der Waals surface area (Å²) in [5.74, 6) is 0. The molecule has 0 saturated carbocycles. The van der Waals surface area contributed by atoms with Crippen LogP contribution < -0.4 is 0 Å². The van der Waals surface area contributed by atoms with E-state index >= 15 is 0 Å². The highest BCUT2D eigenvalue weighted by Crippen LogP contribution is 1.87. The molecule has 0 radical (unpaired) electrons. The SMILES string of the molecule is [2H]C1=CC=CCO1. The van der Waals surface area contributed by atoms with Crippen molar-refractivity contribution in [1.29, 1.82) is 0 Å². The summed E-state index contributed by atoms with van der Waals surface area (Å²) in [6.45, 7) is 0.551. The van der Waals surface area contributed by atoms with Crippen LogP contribution in [0, 0.1) is 0 Å². The van der Waals surface area contributed by atoms with E-state index in [9.17, 15) is 0 Å². The first-order valence-corrected chi connectivity index (χ1v) is 1.86. The highest BCUT2D eigenvalue weighted by molar-refractivity contribution is 5.02. The van der Waals surface area contributed by atoms with Gasteiger partial charge in [-0.3, -0.25) is 0 Å². The molecule has 1 rings (SSSR count). The van der Waals surface area contributed by atoms with E-state index in [1.54, 1.807) is 6.08 Å². The topological polar surface area (TPSA) is 9.23 Å². The first kappa shape index (κ1) is 2.45. The van der Waals surface area contributed by atoms with Crippen molar-refractivity contribution in [1.82, 2.24) is 0 Å². The predicted molar refractivity (Wildman–Crippen MR) is 24.2 cm³/mol. The van der Waals surface area contributed by atoms with E-state index in [-0.39, 0.29) is 6.24 Å². The molecular formula is C5H6O. The Morgan fingerprint density at radius 2 is 2.67 bits per heavy atom. The Morgan fingerprint density at radius 3 is 3.00 bits per heavy atom. The molecule has 0 aromatic heterocycles. The molecule has 32 valence electrons. The Balaban J connectivity index is 2.57. The minimum absolute atomic E-state index is 0.252. The molecule has 1 nitrogen and oxygen atoms in total. The van der Waals surface area contributed by atoms with Gasteiger partial charge in [-0.05, 0) is 12.2 Å². The van der Waals surface area contributed by atoms with Crippen molar-refractivity contribution in [3.8, 4) is 0 Å². The van der Waals surface area contributed by atoms with Crippen LogP contribution in [-0.4, -0.2) is 6.61 Å². The number of rotatable bonds is 0. The van der Waals surface area contributed by atoms with Crippen molar-refractivity contribution in [2.45, 2.75) is 0 Å². The highest BCUT2D eigenvalue weighted by atomic mass is 16.5. The van der Waals surface area contributed by atoms with Crippen molar-refractivity contribution in [3.63, 3.8) is 0 Å². The second-order valence-electron chi connectivity index (χ2n) is 1.02. The Morgan fingerprint density at radius 1 is 1.67 bits per heavy atom. The molecule has 1 aliphatic heterocycles. The molecule has 0 aliphatic carbocycles. The van der Waals surface area contributed by atoms with Gasteiger partial charge in [0.15, 0.2) is 0 Å². The van der Waals surface area contributed by atoms with Gasteiger partial charge in [0.2, 0.25) is 0 Å². The minimum Gasteiger partial charge on any atom is -0.497 e. The summed E-state index contributed by atoms with van der Waals surface area (Å²) in [5, 5.41) is 0. The quantitative estimate of drug-likeness (QED) is 0.426. The lowest BCUT2D eigenvalue weighted by molar-refractivity contribution is 0.286. The molecule has 0 amide bonds. The predicted octanol–water partition coefficient (Wildman–Crippen LogP) is 1.09. The Labute approximate surface area is 38.3 Å². The smallest absolute Gasteiger partial charge is 0.106 e. The fourth-order valence-corrected chi connectivity index (χ4v) is 0.307. The van der Waals surface area contributed by atoms with Crippen molar-refractivity contribution in [2.24, 2.45) is 0 Å². The molecule has 1 aliphatic rings. The van der Waals surface area contributed by atoms with Crippen LogP contribution >= 0.6 is 0 Å². The third kappa shape index (κ3) is 0.612. The van der Waals surface area contributed by atoms with Crippen LogP contribution in [0.2, 0.25) is 0 Å². The van der Waals surface area contributed by atoms with E-state index in [2.05, 4.69) is 0 Å². The van der Waals surface area contributed by atoms with Gasteiger partial charge in [-0.25, -0.2) is 0 Å². The van der Waals surface area contributed by atoms with E-state index in [0.717, 1.165) is 0 Å². The summed E-state index contributed by atoms with van der Waals surface area (Å²) in [5.41, 5.74) is 0. The van der Waals surface area contributed by atoms with Crippen LogP contribution in [0.5, 0.6) is 0 Å². The molecule has 0 saturated heterocycles. The third-order valence-corrected chi connectivity index (χ3v) is 0.563. The van der Waals surface area contributed by atoms with Gasteiger partial charge in [-0.15, -0.1) is 0 Å². The maximum atomic E-state index is 6.86. The Bertz CT molecular complexity index is 115. The normalized spacial score (nSPS) is 21.3. The summed E-state index contributed by atoms with van der Waals surface area (Å²) in [4.78, 5) is 0. The standard InChI is InChI=1S/C5H6O/c1-2-4-6-5-3-1/h1-4H,5H2/i4D. The van der Waals surface area contributed by atoms with Crippen LogP contribution in [0.1, 0.15) is 1.37 Å². The first-order valence-electron chi connectivity index (χ1n) is 2.36. The molecule has 0 aromatic carbocycles. The van der Waals surface area contributed by atoms with Gasteiger partial charge in [0.05, 0.1) is 6.24 Å². The number of ether oxygens (including phenoxy) is 1. The van der Waals surface area contributed by atoms with Gasteiger partial charge in [0, 0.05) is 0 Å². The lowest BCUT2D eigenvalue weighted by Gasteiger charge is -1.94. The van der Waals surface area contributed by atoms with Crippen LogP contribution in [0.15, 0.2) is 24.5 Å².